The second-order valence-corrected chi connectivity index (χ2v) is 4.80. The molecule has 0 bridgehead atoms. The van der Waals surface area contributed by atoms with Crippen LogP contribution >= 0.6 is 0 Å². The Kier molecular flexibility index (Phi) is 5.78. The highest BCUT2D eigenvalue weighted by Crippen LogP contribution is 2.07. The van der Waals surface area contributed by atoms with Crippen LogP contribution in [-0.2, 0) is 11.2 Å². The normalized spacial score (nSPS) is 12.5. The predicted octanol–water partition coefficient (Wildman–Crippen LogP) is 1.86. The first kappa shape index (κ1) is 14.6. The lowest BCUT2D eigenvalue weighted by Crippen LogP contribution is -2.40. The zero-order valence-corrected chi connectivity index (χ0v) is 10.9. The summed E-state index contributed by atoms with van der Waals surface area (Å²) >= 11 is 0. The smallest absolute Gasteiger partial charge is 0.224 e. The van der Waals surface area contributed by atoms with E-state index in [-0.39, 0.29) is 24.2 Å². The monoisotopic (exact) mass is 252 g/mol. The van der Waals surface area contributed by atoms with Gasteiger partial charge in [0.1, 0.15) is 5.82 Å². The molecule has 1 atom stereocenters. The van der Waals surface area contributed by atoms with Crippen molar-refractivity contribution in [2.24, 2.45) is 11.7 Å². The molecule has 100 valence electrons. The quantitative estimate of drug-likeness (QED) is 0.812. The maximum atomic E-state index is 13.0. The molecule has 0 spiro atoms. The highest BCUT2D eigenvalue weighted by Gasteiger charge is 2.15. The van der Waals surface area contributed by atoms with E-state index >= 15 is 0 Å². The van der Waals surface area contributed by atoms with Crippen LogP contribution in [0.2, 0.25) is 0 Å². The van der Waals surface area contributed by atoms with Gasteiger partial charge < -0.3 is 11.1 Å². The van der Waals surface area contributed by atoms with Gasteiger partial charge in [0, 0.05) is 6.04 Å². The lowest BCUT2D eigenvalue weighted by Gasteiger charge is -2.21. The van der Waals surface area contributed by atoms with E-state index in [1.54, 1.807) is 12.1 Å². The third-order valence-electron chi connectivity index (χ3n) is 2.88. The first-order chi connectivity index (χ1) is 8.52. The summed E-state index contributed by atoms with van der Waals surface area (Å²) in [6.45, 7) is 4.63. The fourth-order valence-electron chi connectivity index (χ4n) is 1.84. The van der Waals surface area contributed by atoms with Gasteiger partial charge >= 0.3 is 0 Å². The number of benzene rings is 1. The maximum absolute atomic E-state index is 13.0. The first-order valence-corrected chi connectivity index (χ1v) is 6.26. The highest BCUT2D eigenvalue weighted by atomic mass is 19.1. The SMILES string of the molecule is CC(C)C(CCN)NC(=O)Cc1cccc(F)c1. The van der Waals surface area contributed by atoms with Crippen LogP contribution in [-0.4, -0.2) is 18.5 Å². The molecule has 3 N–H and O–H groups in total. The Morgan fingerprint density at radius 2 is 2.17 bits per heavy atom. The average molecular weight is 252 g/mol. The van der Waals surface area contributed by atoms with Crippen LogP contribution in [0.1, 0.15) is 25.8 Å². The Labute approximate surface area is 108 Å². The number of carbonyl (C=O) groups excluding carboxylic acids is 1. The Balaban J connectivity index is 2.55. The van der Waals surface area contributed by atoms with Crippen molar-refractivity contribution in [3.05, 3.63) is 35.6 Å². The van der Waals surface area contributed by atoms with Gasteiger partial charge in [-0.1, -0.05) is 26.0 Å². The molecule has 1 aromatic carbocycles. The number of hydrogen-bond acceptors (Lipinski definition) is 2. The molecular formula is C14H21FN2O. The van der Waals surface area contributed by atoms with E-state index in [2.05, 4.69) is 5.32 Å². The molecule has 1 amide bonds. The molecule has 0 aliphatic heterocycles. The van der Waals surface area contributed by atoms with Crippen molar-refractivity contribution in [1.82, 2.24) is 5.32 Å². The van der Waals surface area contributed by atoms with Gasteiger partial charge in [-0.25, -0.2) is 4.39 Å². The van der Waals surface area contributed by atoms with Gasteiger partial charge in [-0.15, -0.1) is 0 Å². The van der Waals surface area contributed by atoms with Gasteiger partial charge in [0.2, 0.25) is 5.91 Å². The van der Waals surface area contributed by atoms with Crippen LogP contribution in [0.15, 0.2) is 24.3 Å². The fourth-order valence-corrected chi connectivity index (χ4v) is 1.84. The van der Waals surface area contributed by atoms with Gasteiger partial charge in [0.15, 0.2) is 0 Å². The van der Waals surface area contributed by atoms with E-state index in [9.17, 15) is 9.18 Å². The maximum Gasteiger partial charge on any atom is 0.224 e. The van der Waals surface area contributed by atoms with Crippen molar-refractivity contribution in [2.45, 2.75) is 32.7 Å². The zero-order chi connectivity index (χ0) is 13.5. The van der Waals surface area contributed by atoms with Gasteiger partial charge in [-0.3, -0.25) is 4.79 Å². The van der Waals surface area contributed by atoms with E-state index in [0.29, 0.717) is 18.0 Å². The molecule has 0 aliphatic rings. The number of rotatable bonds is 6. The number of nitrogens with two attached hydrogens (primary N) is 1. The third-order valence-corrected chi connectivity index (χ3v) is 2.88. The van der Waals surface area contributed by atoms with Crippen molar-refractivity contribution >= 4 is 5.91 Å². The van der Waals surface area contributed by atoms with Gasteiger partial charge in [0.25, 0.3) is 0 Å². The average Bonchev–Trinajstić information content (AvgIpc) is 2.28. The van der Waals surface area contributed by atoms with Crippen LogP contribution in [0.4, 0.5) is 4.39 Å². The molecule has 18 heavy (non-hydrogen) atoms. The molecule has 1 unspecified atom stereocenters. The molecule has 4 heteroatoms. The summed E-state index contributed by atoms with van der Waals surface area (Å²) in [7, 11) is 0. The van der Waals surface area contributed by atoms with Gasteiger partial charge in [-0.2, -0.15) is 0 Å². The Morgan fingerprint density at radius 3 is 2.72 bits per heavy atom. The summed E-state index contributed by atoms with van der Waals surface area (Å²) in [6, 6.07) is 6.18. The topological polar surface area (TPSA) is 55.1 Å². The van der Waals surface area contributed by atoms with Crippen molar-refractivity contribution in [1.29, 1.82) is 0 Å². The van der Waals surface area contributed by atoms with Crippen LogP contribution in [0, 0.1) is 11.7 Å². The van der Waals surface area contributed by atoms with Crippen molar-refractivity contribution < 1.29 is 9.18 Å². The summed E-state index contributed by atoms with van der Waals surface area (Å²) in [6.07, 6.45) is 0.956. The molecule has 0 aliphatic carbocycles. The zero-order valence-electron chi connectivity index (χ0n) is 10.9. The van der Waals surface area contributed by atoms with E-state index in [1.165, 1.54) is 12.1 Å². The van der Waals surface area contributed by atoms with Crippen LogP contribution in [0.3, 0.4) is 0 Å². The Morgan fingerprint density at radius 1 is 1.44 bits per heavy atom. The largest absolute Gasteiger partial charge is 0.353 e. The van der Waals surface area contributed by atoms with Crippen LogP contribution in [0.5, 0.6) is 0 Å². The minimum absolute atomic E-state index is 0.0797. The minimum atomic E-state index is -0.317. The summed E-state index contributed by atoms with van der Waals surface area (Å²) in [5.74, 6) is -0.0690. The van der Waals surface area contributed by atoms with E-state index in [0.717, 1.165) is 6.42 Å². The van der Waals surface area contributed by atoms with Crippen LogP contribution < -0.4 is 11.1 Å². The second-order valence-electron chi connectivity index (χ2n) is 4.80. The van der Waals surface area contributed by atoms with E-state index < -0.39 is 0 Å². The lowest BCUT2D eigenvalue weighted by atomic mass is 10.0. The Hall–Kier alpha value is -1.42. The molecule has 1 rings (SSSR count). The third kappa shape index (κ3) is 4.84. The second kappa shape index (κ2) is 7.11. The van der Waals surface area contributed by atoms with E-state index in [4.69, 9.17) is 5.73 Å². The Bertz CT molecular complexity index is 393. The van der Waals surface area contributed by atoms with Gasteiger partial charge in [0.05, 0.1) is 6.42 Å². The number of halogens is 1. The number of amides is 1. The molecule has 3 nitrogen and oxygen atoms in total. The van der Waals surface area contributed by atoms with Crippen molar-refractivity contribution in [2.75, 3.05) is 6.54 Å². The molecule has 0 radical (unpaired) electrons. The summed E-state index contributed by atoms with van der Waals surface area (Å²) in [4.78, 5) is 11.8. The van der Waals surface area contributed by atoms with Crippen molar-refractivity contribution in [3.63, 3.8) is 0 Å². The number of hydrogen-bond donors (Lipinski definition) is 2. The predicted molar refractivity (Wildman–Crippen MR) is 70.5 cm³/mol. The minimum Gasteiger partial charge on any atom is -0.353 e. The first-order valence-electron chi connectivity index (χ1n) is 6.26. The van der Waals surface area contributed by atoms with E-state index in [1.807, 2.05) is 13.8 Å². The summed E-state index contributed by atoms with van der Waals surface area (Å²) in [5.41, 5.74) is 6.20. The molecule has 0 saturated carbocycles. The number of nitrogens with one attached hydrogen (secondary N) is 1. The fraction of sp³-hybridized carbons (Fsp3) is 0.500. The molecular weight excluding hydrogens is 231 g/mol. The number of carbonyl (C=O) groups is 1. The molecule has 0 aromatic heterocycles. The molecule has 0 fully saturated rings. The highest BCUT2D eigenvalue weighted by molar-refractivity contribution is 5.78. The molecule has 0 heterocycles. The molecule has 0 saturated heterocycles. The van der Waals surface area contributed by atoms with Crippen LogP contribution in [0.25, 0.3) is 0 Å². The summed E-state index contributed by atoms with van der Waals surface area (Å²) in [5, 5.41) is 2.94. The van der Waals surface area contributed by atoms with Crippen molar-refractivity contribution in [3.8, 4) is 0 Å². The summed E-state index contributed by atoms with van der Waals surface area (Å²) < 4.78 is 13.0. The standard InChI is InChI=1S/C14H21FN2O/c1-10(2)13(6-7-16)17-14(18)9-11-4-3-5-12(15)8-11/h3-5,8,10,13H,6-7,9,16H2,1-2H3,(H,17,18). The van der Waals surface area contributed by atoms with Gasteiger partial charge in [-0.05, 0) is 36.6 Å². The lowest BCUT2D eigenvalue weighted by molar-refractivity contribution is -0.121. The molecule has 1 aromatic rings.